The SMILES string of the molecule is CCN(CC(N)=O)c1csc(C(=O)O)c1. The van der Waals surface area contributed by atoms with E-state index < -0.39 is 11.9 Å². The molecule has 5 nitrogen and oxygen atoms in total. The van der Waals surface area contributed by atoms with Crippen LogP contribution in [-0.4, -0.2) is 30.1 Å². The van der Waals surface area contributed by atoms with Crippen molar-refractivity contribution in [3.05, 3.63) is 16.3 Å². The van der Waals surface area contributed by atoms with Crippen molar-refractivity contribution in [2.75, 3.05) is 18.0 Å². The van der Waals surface area contributed by atoms with Crippen LogP contribution in [0.15, 0.2) is 11.4 Å². The van der Waals surface area contributed by atoms with E-state index in [2.05, 4.69) is 0 Å². The summed E-state index contributed by atoms with van der Waals surface area (Å²) in [6, 6.07) is 1.54. The van der Waals surface area contributed by atoms with Gasteiger partial charge in [-0.1, -0.05) is 0 Å². The molecule has 0 aliphatic carbocycles. The van der Waals surface area contributed by atoms with Gasteiger partial charge in [0.05, 0.1) is 6.54 Å². The highest BCUT2D eigenvalue weighted by Gasteiger charge is 2.12. The molecule has 0 aliphatic rings. The molecular weight excluding hydrogens is 216 g/mol. The van der Waals surface area contributed by atoms with Gasteiger partial charge in [-0.05, 0) is 13.0 Å². The molecule has 15 heavy (non-hydrogen) atoms. The molecular formula is C9H12N2O3S. The first-order chi connectivity index (χ1) is 7.04. The smallest absolute Gasteiger partial charge is 0.345 e. The molecule has 3 N–H and O–H groups in total. The zero-order chi connectivity index (χ0) is 11.4. The van der Waals surface area contributed by atoms with E-state index in [4.69, 9.17) is 10.8 Å². The van der Waals surface area contributed by atoms with Gasteiger partial charge >= 0.3 is 5.97 Å². The van der Waals surface area contributed by atoms with Crippen LogP contribution in [0.2, 0.25) is 0 Å². The van der Waals surface area contributed by atoms with Gasteiger partial charge in [-0.25, -0.2) is 4.79 Å². The first kappa shape index (κ1) is 11.5. The second kappa shape index (κ2) is 4.79. The molecule has 82 valence electrons. The lowest BCUT2D eigenvalue weighted by Crippen LogP contribution is -2.33. The molecule has 6 heteroatoms. The van der Waals surface area contributed by atoms with Crippen LogP contribution in [0.4, 0.5) is 5.69 Å². The number of rotatable bonds is 5. The summed E-state index contributed by atoms with van der Waals surface area (Å²) in [5.74, 6) is -1.39. The maximum atomic E-state index is 10.8. The minimum Gasteiger partial charge on any atom is -0.477 e. The van der Waals surface area contributed by atoms with Gasteiger partial charge in [-0.15, -0.1) is 11.3 Å². The van der Waals surface area contributed by atoms with Crippen LogP contribution in [0.5, 0.6) is 0 Å². The third kappa shape index (κ3) is 2.95. The lowest BCUT2D eigenvalue weighted by Gasteiger charge is -2.19. The summed E-state index contributed by atoms with van der Waals surface area (Å²) < 4.78 is 0. The first-order valence-corrected chi connectivity index (χ1v) is 5.27. The van der Waals surface area contributed by atoms with Crippen LogP contribution < -0.4 is 10.6 Å². The molecule has 1 amide bonds. The summed E-state index contributed by atoms with van der Waals surface area (Å²) in [6.45, 7) is 2.59. The number of hydrogen-bond donors (Lipinski definition) is 2. The van der Waals surface area contributed by atoms with Gasteiger partial charge in [0.15, 0.2) is 0 Å². The van der Waals surface area contributed by atoms with Crippen molar-refractivity contribution in [2.45, 2.75) is 6.92 Å². The summed E-state index contributed by atoms with van der Waals surface area (Å²) in [5.41, 5.74) is 5.80. The van der Waals surface area contributed by atoms with Gasteiger partial charge in [0.25, 0.3) is 0 Å². The molecule has 0 bridgehead atoms. The fraction of sp³-hybridized carbons (Fsp3) is 0.333. The number of likely N-dealkylation sites (N-methyl/N-ethyl adjacent to an activating group) is 1. The van der Waals surface area contributed by atoms with Crippen molar-refractivity contribution < 1.29 is 14.7 Å². The van der Waals surface area contributed by atoms with Gasteiger partial charge in [0.2, 0.25) is 5.91 Å². The van der Waals surface area contributed by atoms with Crippen LogP contribution >= 0.6 is 11.3 Å². The number of nitrogens with zero attached hydrogens (tertiary/aromatic N) is 1. The number of hydrogen-bond acceptors (Lipinski definition) is 4. The summed E-state index contributed by atoms with van der Waals surface area (Å²) in [5, 5.41) is 10.4. The van der Waals surface area contributed by atoms with E-state index in [1.807, 2.05) is 6.92 Å². The second-order valence-corrected chi connectivity index (χ2v) is 3.87. The van der Waals surface area contributed by atoms with Gasteiger partial charge in [-0.3, -0.25) is 4.79 Å². The molecule has 0 atom stereocenters. The maximum absolute atomic E-state index is 10.8. The Morgan fingerprint density at radius 2 is 2.27 bits per heavy atom. The van der Waals surface area contributed by atoms with E-state index in [9.17, 15) is 9.59 Å². The fourth-order valence-corrected chi connectivity index (χ4v) is 1.93. The Bertz CT molecular complexity index is 375. The molecule has 0 saturated carbocycles. The van der Waals surface area contributed by atoms with E-state index in [0.717, 1.165) is 17.0 Å². The monoisotopic (exact) mass is 228 g/mol. The van der Waals surface area contributed by atoms with E-state index in [1.165, 1.54) is 0 Å². The molecule has 0 aromatic carbocycles. The molecule has 0 unspecified atom stereocenters. The number of amides is 1. The number of carbonyl (C=O) groups is 2. The number of carbonyl (C=O) groups excluding carboxylic acids is 1. The molecule has 0 fully saturated rings. The molecule has 1 heterocycles. The van der Waals surface area contributed by atoms with E-state index in [-0.39, 0.29) is 11.4 Å². The van der Waals surface area contributed by atoms with Crippen LogP contribution in [0.1, 0.15) is 16.6 Å². The van der Waals surface area contributed by atoms with E-state index >= 15 is 0 Å². The lowest BCUT2D eigenvalue weighted by molar-refractivity contribution is -0.116. The average Bonchev–Trinajstić information content (AvgIpc) is 2.62. The van der Waals surface area contributed by atoms with Crippen molar-refractivity contribution >= 4 is 28.9 Å². The molecule has 1 aromatic heterocycles. The average molecular weight is 228 g/mol. The van der Waals surface area contributed by atoms with Crippen LogP contribution in [-0.2, 0) is 4.79 Å². The summed E-state index contributed by atoms with van der Waals surface area (Å²) >= 11 is 1.14. The fourth-order valence-electron chi connectivity index (χ4n) is 1.18. The Morgan fingerprint density at radius 1 is 1.60 bits per heavy atom. The van der Waals surface area contributed by atoms with Gasteiger partial charge in [0, 0.05) is 17.6 Å². The van der Waals surface area contributed by atoms with Crippen molar-refractivity contribution in [3.8, 4) is 0 Å². The summed E-state index contributed by atoms with van der Waals surface area (Å²) in [4.78, 5) is 23.4. The number of aromatic carboxylic acids is 1. The maximum Gasteiger partial charge on any atom is 0.345 e. The highest BCUT2D eigenvalue weighted by atomic mass is 32.1. The third-order valence-corrected chi connectivity index (χ3v) is 2.80. The quantitative estimate of drug-likeness (QED) is 0.779. The number of carboxylic acids is 1. The number of anilines is 1. The summed E-state index contributed by atoms with van der Waals surface area (Å²) in [7, 11) is 0. The summed E-state index contributed by atoms with van der Waals surface area (Å²) in [6.07, 6.45) is 0. The van der Waals surface area contributed by atoms with Crippen molar-refractivity contribution in [1.29, 1.82) is 0 Å². The number of nitrogens with two attached hydrogens (primary N) is 1. The van der Waals surface area contributed by atoms with E-state index in [0.29, 0.717) is 6.54 Å². The lowest BCUT2D eigenvalue weighted by atomic mass is 10.3. The van der Waals surface area contributed by atoms with Gasteiger partial charge in [-0.2, -0.15) is 0 Å². The van der Waals surface area contributed by atoms with Crippen molar-refractivity contribution in [3.63, 3.8) is 0 Å². The van der Waals surface area contributed by atoms with Crippen molar-refractivity contribution in [1.82, 2.24) is 0 Å². The predicted octanol–water partition coefficient (Wildman–Crippen LogP) is 0.758. The predicted molar refractivity (Wildman–Crippen MR) is 58.4 cm³/mol. The largest absolute Gasteiger partial charge is 0.477 e. The highest BCUT2D eigenvalue weighted by Crippen LogP contribution is 2.22. The molecule has 0 aliphatic heterocycles. The Kier molecular flexibility index (Phi) is 3.68. The minimum atomic E-state index is -0.957. The first-order valence-electron chi connectivity index (χ1n) is 4.39. The van der Waals surface area contributed by atoms with Crippen LogP contribution in [0, 0.1) is 0 Å². The molecule has 1 rings (SSSR count). The Hall–Kier alpha value is -1.56. The normalized spacial score (nSPS) is 9.93. The molecule has 0 saturated heterocycles. The Morgan fingerprint density at radius 3 is 2.67 bits per heavy atom. The number of primary amides is 1. The van der Waals surface area contributed by atoms with Crippen LogP contribution in [0.25, 0.3) is 0 Å². The minimum absolute atomic E-state index is 0.103. The third-order valence-electron chi connectivity index (χ3n) is 1.89. The topological polar surface area (TPSA) is 83.6 Å². The molecule has 0 spiro atoms. The second-order valence-electron chi connectivity index (χ2n) is 2.95. The number of carboxylic acid groups (broad SMARTS) is 1. The van der Waals surface area contributed by atoms with E-state index in [1.54, 1.807) is 16.3 Å². The van der Waals surface area contributed by atoms with Crippen LogP contribution in [0.3, 0.4) is 0 Å². The Balaban J connectivity index is 2.83. The van der Waals surface area contributed by atoms with Crippen molar-refractivity contribution in [2.24, 2.45) is 5.73 Å². The number of thiophene rings is 1. The molecule has 0 radical (unpaired) electrons. The highest BCUT2D eigenvalue weighted by molar-refractivity contribution is 7.12. The van der Waals surface area contributed by atoms with Gasteiger partial charge in [0.1, 0.15) is 4.88 Å². The molecule has 1 aromatic rings. The zero-order valence-electron chi connectivity index (χ0n) is 8.27. The standard InChI is InChI=1S/C9H12N2O3S/c1-2-11(4-8(10)12)6-3-7(9(13)14)15-5-6/h3,5H,2,4H2,1H3,(H2,10,12)(H,13,14). The van der Waals surface area contributed by atoms with Gasteiger partial charge < -0.3 is 15.7 Å². The Labute approximate surface area is 91.1 Å². The zero-order valence-corrected chi connectivity index (χ0v) is 9.08.